The van der Waals surface area contributed by atoms with E-state index in [1.165, 1.54) is 5.56 Å². The summed E-state index contributed by atoms with van der Waals surface area (Å²) in [7, 11) is 3.28. The van der Waals surface area contributed by atoms with Gasteiger partial charge < -0.3 is 9.47 Å². The number of hydrogen-bond donors (Lipinski definition) is 0. The van der Waals surface area contributed by atoms with Crippen molar-refractivity contribution in [1.29, 1.82) is 0 Å². The van der Waals surface area contributed by atoms with Gasteiger partial charge in [-0.3, -0.25) is 0 Å². The first-order valence-electron chi connectivity index (χ1n) is 6.19. The van der Waals surface area contributed by atoms with E-state index in [0.717, 1.165) is 27.1 Å². The summed E-state index contributed by atoms with van der Waals surface area (Å²) < 4.78 is 11.7. The van der Waals surface area contributed by atoms with Crippen LogP contribution in [0.15, 0.2) is 40.9 Å². The molecule has 106 valence electrons. The highest BCUT2D eigenvalue weighted by Crippen LogP contribution is 2.38. The Morgan fingerprint density at radius 2 is 1.80 bits per heavy atom. The lowest BCUT2D eigenvalue weighted by Crippen LogP contribution is -1.99. The maximum atomic E-state index is 6.61. The van der Waals surface area contributed by atoms with Gasteiger partial charge >= 0.3 is 0 Å². The van der Waals surface area contributed by atoms with Crippen molar-refractivity contribution in [3.05, 3.63) is 57.6 Å². The monoisotopic (exact) mass is 354 g/mol. The van der Waals surface area contributed by atoms with Gasteiger partial charge in [0.1, 0.15) is 11.5 Å². The minimum Gasteiger partial charge on any atom is -0.497 e. The van der Waals surface area contributed by atoms with Crippen LogP contribution in [0.4, 0.5) is 0 Å². The number of hydrogen-bond acceptors (Lipinski definition) is 2. The van der Waals surface area contributed by atoms with Gasteiger partial charge in [-0.2, -0.15) is 0 Å². The molecule has 0 aliphatic heterocycles. The summed E-state index contributed by atoms with van der Waals surface area (Å²) in [5, 5.41) is -0.294. The molecule has 0 aromatic heterocycles. The number of benzene rings is 2. The molecule has 2 nitrogen and oxygen atoms in total. The second-order valence-electron chi connectivity index (χ2n) is 4.48. The van der Waals surface area contributed by atoms with Crippen LogP contribution in [0.25, 0.3) is 0 Å². The van der Waals surface area contributed by atoms with Gasteiger partial charge in [-0.1, -0.05) is 28.1 Å². The molecule has 0 radical (unpaired) electrons. The molecule has 0 N–H and O–H groups in total. The summed E-state index contributed by atoms with van der Waals surface area (Å²) in [4.78, 5) is 0. The van der Waals surface area contributed by atoms with E-state index in [1.54, 1.807) is 14.2 Å². The SMILES string of the molecule is COc1ccc(OC)c(C(Cl)c2ccc(C)c(Br)c2)c1. The van der Waals surface area contributed by atoms with Gasteiger partial charge in [-0.25, -0.2) is 0 Å². The van der Waals surface area contributed by atoms with E-state index in [-0.39, 0.29) is 5.38 Å². The van der Waals surface area contributed by atoms with Gasteiger partial charge in [0, 0.05) is 10.0 Å². The molecule has 0 amide bonds. The maximum absolute atomic E-state index is 6.61. The molecule has 0 aliphatic rings. The molecule has 0 saturated heterocycles. The molecule has 2 aromatic rings. The summed E-state index contributed by atoms with van der Waals surface area (Å²) in [5.74, 6) is 1.51. The maximum Gasteiger partial charge on any atom is 0.124 e. The molecule has 0 spiro atoms. The van der Waals surface area contributed by atoms with Gasteiger partial charge in [0.05, 0.1) is 19.6 Å². The molecule has 1 unspecified atom stereocenters. The van der Waals surface area contributed by atoms with Crippen LogP contribution in [0.2, 0.25) is 0 Å². The predicted octanol–water partition coefficient (Wildman–Crippen LogP) is 5.10. The Morgan fingerprint density at radius 1 is 1.05 bits per heavy atom. The van der Waals surface area contributed by atoms with E-state index in [9.17, 15) is 0 Å². The molecule has 2 aromatic carbocycles. The normalized spacial score (nSPS) is 12.1. The average molecular weight is 356 g/mol. The van der Waals surface area contributed by atoms with Crippen molar-refractivity contribution < 1.29 is 9.47 Å². The van der Waals surface area contributed by atoms with Crippen LogP contribution >= 0.6 is 27.5 Å². The minimum absolute atomic E-state index is 0.294. The summed E-state index contributed by atoms with van der Waals surface area (Å²) >= 11 is 10.1. The Labute approximate surface area is 132 Å². The Morgan fingerprint density at radius 3 is 2.40 bits per heavy atom. The fraction of sp³-hybridized carbons (Fsp3) is 0.250. The average Bonchev–Trinajstić information content (AvgIpc) is 2.48. The quantitative estimate of drug-likeness (QED) is 0.710. The van der Waals surface area contributed by atoms with Crippen LogP contribution in [0.5, 0.6) is 11.5 Å². The van der Waals surface area contributed by atoms with E-state index in [1.807, 2.05) is 43.3 Å². The fourth-order valence-electron chi connectivity index (χ4n) is 1.98. The molecular weight excluding hydrogens is 340 g/mol. The van der Waals surface area contributed by atoms with Crippen molar-refractivity contribution in [2.75, 3.05) is 14.2 Å². The molecule has 0 fully saturated rings. The van der Waals surface area contributed by atoms with Gasteiger partial charge in [-0.05, 0) is 42.3 Å². The molecule has 0 bridgehead atoms. The van der Waals surface area contributed by atoms with Crippen molar-refractivity contribution >= 4 is 27.5 Å². The second-order valence-corrected chi connectivity index (χ2v) is 5.77. The zero-order valence-electron chi connectivity index (χ0n) is 11.6. The molecule has 0 saturated carbocycles. The first-order chi connectivity index (χ1) is 9.56. The number of alkyl halides is 1. The molecule has 2 rings (SSSR count). The Bertz CT molecular complexity index is 613. The van der Waals surface area contributed by atoms with Gasteiger partial charge in [0.25, 0.3) is 0 Å². The van der Waals surface area contributed by atoms with Crippen molar-refractivity contribution in [3.8, 4) is 11.5 Å². The van der Waals surface area contributed by atoms with E-state index in [4.69, 9.17) is 21.1 Å². The smallest absolute Gasteiger partial charge is 0.124 e. The zero-order chi connectivity index (χ0) is 14.7. The lowest BCUT2D eigenvalue weighted by Gasteiger charge is -2.16. The minimum atomic E-state index is -0.294. The number of halogens is 2. The number of methoxy groups -OCH3 is 2. The third kappa shape index (κ3) is 3.10. The highest BCUT2D eigenvalue weighted by molar-refractivity contribution is 9.10. The summed E-state index contributed by atoms with van der Waals surface area (Å²) in [5.41, 5.74) is 3.08. The highest BCUT2D eigenvalue weighted by Gasteiger charge is 2.17. The first kappa shape index (κ1) is 15.2. The Balaban J connectivity index is 2.45. The molecule has 1 atom stereocenters. The number of ether oxygens (including phenoxy) is 2. The zero-order valence-corrected chi connectivity index (χ0v) is 14.0. The fourth-order valence-corrected chi connectivity index (χ4v) is 2.69. The third-order valence-electron chi connectivity index (χ3n) is 3.20. The van der Waals surface area contributed by atoms with E-state index >= 15 is 0 Å². The standard InChI is InChI=1S/C16H16BrClO2/c1-10-4-5-11(8-14(10)17)16(18)13-9-12(19-2)6-7-15(13)20-3/h4-9,16H,1-3H3. The predicted molar refractivity (Wildman–Crippen MR) is 86.1 cm³/mol. The third-order valence-corrected chi connectivity index (χ3v) is 4.54. The molecule has 0 aliphatic carbocycles. The first-order valence-corrected chi connectivity index (χ1v) is 7.41. The molecule has 4 heteroatoms. The van der Waals surface area contributed by atoms with Crippen molar-refractivity contribution in [2.45, 2.75) is 12.3 Å². The van der Waals surface area contributed by atoms with E-state index in [0.29, 0.717) is 0 Å². The van der Waals surface area contributed by atoms with Gasteiger partial charge in [0.15, 0.2) is 0 Å². The summed E-state index contributed by atoms with van der Waals surface area (Å²) in [6.07, 6.45) is 0. The van der Waals surface area contributed by atoms with Crippen LogP contribution in [0, 0.1) is 6.92 Å². The molecule has 20 heavy (non-hydrogen) atoms. The van der Waals surface area contributed by atoms with Crippen LogP contribution in [-0.4, -0.2) is 14.2 Å². The Kier molecular flexibility index (Phi) is 4.95. The second kappa shape index (κ2) is 6.51. The van der Waals surface area contributed by atoms with Crippen molar-refractivity contribution in [2.24, 2.45) is 0 Å². The highest BCUT2D eigenvalue weighted by atomic mass is 79.9. The topological polar surface area (TPSA) is 18.5 Å². The van der Waals surface area contributed by atoms with Gasteiger partial charge in [-0.15, -0.1) is 11.6 Å². The summed E-state index contributed by atoms with van der Waals surface area (Å²) in [6.45, 7) is 2.04. The van der Waals surface area contributed by atoms with Crippen molar-refractivity contribution in [1.82, 2.24) is 0 Å². The van der Waals surface area contributed by atoms with E-state index in [2.05, 4.69) is 15.9 Å². The Hall–Kier alpha value is -1.19. The van der Waals surface area contributed by atoms with Crippen LogP contribution in [0.1, 0.15) is 22.1 Å². The summed E-state index contributed by atoms with van der Waals surface area (Å²) in [6, 6.07) is 11.7. The van der Waals surface area contributed by atoms with Crippen molar-refractivity contribution in [3.63, 3.8) is 0 Å². The number of rotatable bonds is 4. The lowest BCUT2D eigenvalue weighted by molar-refractivity contribution is 0.399. The lowest BCUT2D eigenvalue weighted by atomic mass is 10.0. The van der Waals surface area contributed by atoms with Crippen LogP contribution in [-0.2, 0) is 0 Å². The molecule has 0 heterocycles. The molecular formula is C16H16BrClO2. The van der Waals surface area contributed by atoms with Crippen LogP contribution < -0.4 is 9.47 Å². The van der Waals surface area contributed by atoms with Gasteiger partial charge in [0.2, 0.25) is 0 Å². The van der Waals surface area contributed by atoms with Crippen LogP contribution in [0.3, 0.4) is 0 Å². The largest absolute Gasteiger partial charge is 0.497 e. The number of aryl methyl sites for hydroxylation is 1. The van der Waals surface area contributed by atoms with E-state index < -0.39 is 0 Å².